The minimum absolute atomic E-state index is 0.0176. The van der Waals surface area contributed by atoms with E-state index in [1.165, 1.54) is 30.3 Å². The predicted molar refractivity (Wildman–Crippen MR) is 105 cm³/mol. The van der Waals surface area contributed by atoms with Crippen LogP contribution in [0.2, 0.25) is 5.02 Å². The Balaban J connectivity index is 1.73. The average molecular weight is 384 g/mol. The molecule has 3 N–H and O–H groups in total. The molecule has 0 aromatic heterocycles. The Hall–Kier alpha value is -3.18. The zero-order valence-electron chi connectivity index (χ0n) is 14.4. The van der Waals surface area contributed by atoms with E-state index in [0.29, 0.717) is 29.5 Å². The summed E-state index contributed by atoms with van der Waals surface area (Å²) in [5, 5.41) is 22.6. The van der Waals surface area contributed by atoms with Crippen molar-refractivity contribution in [1.29, 1.82) is 0 Å². The zero-order chi connectivity index (χ0) is 19.2. The number of amides is 1. The number of phenolic OH excluding ortho intramolecular Hbond substituents is 2. The van der Waals surface area contributed by atoms with E-state index in [0.717, 1.165) is 5.56 Å². The number of carbonyl (C=O) groups excluding carboxylic acids is 1. The van der Waals surface area contributed by atoms with Gasteiger partial charge in [0.05, 0.1) is 17.9 Å². The first-order valence-corrected chi connectivity index (χ1v) is 8.70. The third-order valence-electron chi connectivity index (χ3n) is 3.91. The number of carbonyl (C=O) groups is 1. The summed E-state index contributed by atoms with van der Waals surface area (Å²) in [7, 11) is 0. The van der Waals surface area contributed by atoms with E-state index in [2.05, 4.69) is 5.32 Å². The monoisotopic (exact) mass is 383 g/mol. The molecule has 0 radical (unpaired) electrons. The van der Waals surface area contributed by atoms with Crippen LogP contribution in [0, 0.1) is 0 Å². The van der Waals surface area contributed by atoms with E-state index >= 15 is 0 Å². The molecular weight excluding hydrogens is 366 g/mol. The Morgan fingerprint density at radius 1 is 1.00 bits per heavy atom. The summed E-state index contributed by atoms with van der Waals surface area (Å²) in [5.41, 5.74) is 1.46. The molecule has 0 aliphatic carbocycles. The van der Waals surface area contributed by atoms with Gasteiger partial charge < -0.3 is 20.3 Å². The first kappa shape index (κ1) is 18.6. The van der Waals surface area contributed by atoms with Gasteiger partial charge in [-0.05, 0) is 35.9 Å². The van der Waals surface area contributed by atoms with Gasteiger partial charge in [0.25, 0.3) is 5.91 Å². The first-order valence-electron chi connectivity index (χ1n) is 8.32. The fourth-order valence-corrected chi connectivity index (χ4v) is 2.72. The van der Waals surface area contributed by atoms with Gasteiger partial charge in [0.2, 0.25) is 0 Å². The number of benzene rings is 3. The normalized spacial score (nSPS) is 10.4. The summed E-state index contributed by atoms with van der Waals surface area (Å²) >= 11 is 5.89. The fourth-order valence-electron chi connectivity index (χ4n) is 2.54. The average Bonchev–Trinajstić information content (AvgIpc) is 2.66. The van der Waals surface area contributed by atoms with E-state index in [9.17, 15) is 15.0 Å². The van der Waals surface area contributed by atoms with Gasteiger partial charge in [0.15, 0.2) is 0 Å². The maximum absolute atomic E-state index is 12.5. The molecule has 1 amide bonds. The topological polar surface area (TPSA) is 78.8 Å². The maximum atomic E-state index is 12.5. The lowest BCUT2D eigenvalue weighted by atomic mass is 10.1. The third kappa shape index (κ3) is 4.92. The van der Waals surface area contributed by atoms with E-state index in [4.69, 9.17) is 16.3 Å². The number of hydrogen-bond donors (Lipinski definition) is 3. The lowest BCUT2D eigenvalue weighted by Crippen LogP contribution is -2.13. The van der Waals surface area contributed by atoms with Crippen LogP contribution in [-0.4, -0.2) is 22.7 Å². The van der Waals surface area contributed by atoms with Crippen molar-refractivity contribution >= 4 is 23.2 Å². The summed E-state index contributed by atoms with van der Waals surface area (Å²) in [6.45, 7) is 0.403. The molecule has 0 bridgehead atoms. The molecule has 0 saturated heterocycles. The van der Waals surface area contributed by atoms with Gasteiger partial charge in [-0.1, -0.05) is 41.9 Å². The van der Waals surface area contributed by atoms with Gasteiger partial charge in [-0.3, -0.25) is 4.79 Å². The van der Waals surface area contributed by atoms with Crippen molar-refractivity contribution in [1.82, 2.24) is 0 Å². The molecule has 0 fully saturated rings. The third-order valence-corrected chi connectivity index (χ3v) is 4.14. The van der Waals surface area contributed by atoms with Crippen LogP contribution in [0.15, 0.2) is 66.7 Å². The Kier molecular flexibility index (Phi) is 5.84. The first-order chi connectivity index (χ1) is 13.0. The molecular formula is C21H18ClNO4. The Bertz CT molecular complexity index is 944. The van der Waals surface area contributed by atoms with Crippen LogP contribution in [0.5, 0.6) is 17.2 Å². The smallest absolute Gasteiger partial charge is 0.259 e. The van der Waals surface area contributed by atoms with Gasteiger partial charge in [-0.2, -0.15) is 0 Å². The SMILES string of the molecule is O=C(Nc1cc(O)ccc1OCCc1ccccc1)c1cc(Cl)ccc1O. The molecule has 138 valence electrons. The maximum Gasteiger partial charge on any atom is 0.259 e. The molecule has 0 atom stereocenters. The predicted octanol–water partition coefficient (Wildman–Crippen LogP) is 4.63. The van der Waals surface area contributed by atoms with Gasteiger partial charge in [0, 0.05) is 17.5 Å². The zero-order valence-corrected chi connectivity index (χ0v) is 15.1. The van der Waals surface area contributed by atoms with Gasteiger partial charge in [0.1, 0.15) is 17.2 Å². The molecule has 27 heavy (non-hydrogen) atoms. The largest absolute Gasteiger partial charge is 0.508 e. The highest BCUT2D eigenvalue weighted by atomic mass is 35.5. The Morgan fingerprint density at radius 2 is 1.78 bits per heavy atom. The highest BCUT2D eigenvalue weighted by molar-refractivity contribution is 6.31. The number of ether oxygens (including phenoxy) is 1. The molecule has 3 aromatic carbocycles. The van der Waals surface area contributed by atoms with E-state index < -0.39 is 5.91 Å². The van der Waals surface area contributed by atoms with Crippen molar-refractivity contribution in [3.05, 3.63) is 82.9 Å². The molecule has 0 unspecified atom stereocenters. The number of rotatable bonds is 6. The van der Waals surface area contributed by atoms with E-state index in [-0.39, 0.29) is 17.1 Å². The van der Waals surface area contributed by atoms with Gasteiger partial charge in [-0.25, -0.2) is 0 Å². The molecule has 0 saturated carbocycles. The molecule has 0 aliphatic rings. The summed E-state index contributed by atoms with van der Waals surface area (Å²) in [6, 6.07) is 18.5. The molecule has 3 aromatic rings. The minimum Gasteiger partial charge on any atom is -0.508 e. The minimum atomic E-state index is -0.562. The van der Waals surface area contributed by atoms with Crippen LogP contribution in [0.25, 0.3) is 0 Å². The van der Waals surface area contributed by atoms with Crippen molar-refractivity contribution in [2.75, 3.05) is 11.9 Å². The van der Waals surface area contributed by atoms with E-state index in [1.54, 1.807) is 6.07 Å². The van der Waals surface area contributed by atoms with Gasteiger partial charge >= 0.3 is 0 Å². The molecule has 0 heterocycles. The number of phenols is 2. The number of aromatic hydroxyl groups is 2. The molecule has 0 spiro atoms. The highest BCUT2D eigenvalue weighted by Crippen LogP contribution is 2.30. The van der Waals surface area contributed by atoms with Crippen LogP contribution >= 0.6 is 11.6 Å². The number of anilines is 1. The summed E-state index contributed by atoms with van der Waals surface area (Å²) in [5.74, 6) is -0.355. The lowest BCUT2D eigenvalue weighted by molar-refractivity contribution is 0.102. The summed E-state index contributed by atoms with van der Waals surface area (Å²) < 4.78 is 5.77. The van der Waals surface area contributed by atoms with Crippen molar-refractivity contribution < 1.29 is 19.7 Å². The van der Waals surface area contributed by atoms with Crippen molar-refractivity contribution in [3.8, 4) is 17.2 Å². The van der Waals surface area contributed by atoms with Crippen LogP contribution in [0.3, 0.4) is 0 Å². The number of nitrogens with one attached hydrogen (secondary N) is 1. The number of halogens is 1. The summed E-state index contributed by atoms with van der Waals surface area (Å²) in [6.07, 6.45) is 0.699. The summed E-state index contributed by atoms with van der Waals surface area (Å²) in [4.78, 5) is 12.5. The highest BCUT2D eigenvalue weighted by Gasteiger charge is 2.15. The molecule has 0 aliphatic heterocycles. The lowest BCUT2D eigenvalue weighted by Gasteiger charge is -2.14. The van der Waals surface area contributed by atoms with Crippen molar-refractivity contribution in [3.63, 3.8) is 0 Å². The Labute approximate surface area is 161 Å². The number of hydrogen-bond acceptors (Lipinski definition) is 4. The second-order valence-corrected chi connectivity index (χ2v) is 6.32. The molecule has 3 rings (SSSR count). The molecule has 6 heteroatoms. The molecule has 5 nitrogen and oxygen atoms in total. The Morgan fingerprint density at radius 3 is 2.56 bits per heavy atom. The van der Waals surface area contributed by atoms with Crippen LogP contribution in [-0.2, 0) is 6.42 Å². The standard InChI is InChI=1S/C21H18ClNO4/c22-15-6-8-19(25)17(12-15)21(26)23-18-13-16(24)7-9-20(18)27-11-10-14-4-2-1-3-5-14/h1-9,12-13,24-25H,10-11H2,(H,23,26). The van der Waals surface area contributed by atoms with Crippen LogP contribution in [0.4, 0.5) is 5.69 Å². The second kappa shape index (κ2) is 8.47. The van der Waals surface area contributed by atoms with Gasteiger partial charge in [-0.15, -0.1) is 0 Å². The van der Waals surface area contributed by atoms with Crippen molar-refractivity contribution in [2.24, 2.45) is 0 Å². The van der Waals surface area contributed by atoms with Crippen LogP contribution in [0.1, 0.15) is 15.9 Å². The second-order valence-electron chi connectivity index (χ2n) is 5.88. The van der Waals surface area contributed by atoms with Crippen molar-refractivity contribution in [2.45, 2.75) is 6.42 Å². The quantitative estimate of drug-likeness (QED) is 0.580. The van der Waals surface area contributed by atoms with E-state index in [1.807, 2.05) is 30.3 Å². The fraction of sp³-hybridized carbons (Fsp3) is 0.0952. The van der Waals surface area contributed by atoms with Crippen LogP contribution < -0.4 is 10.1 Å².